The second-order valence-electron chi connectivity index (χ2n) is 13.4. The van der Waals surface area contributed by atoms with Crippen LogP contribution in [0.4, 0.5) is 0 Å². The molecule has 8 nitrogen and oxygen atoms in total. The van der Waals surface area contributed by atoms with E-state index in [1.54, 1.807) is 22.7 Å². The van der Waals surface area contributed by atoms with Gasteiger partial charge in [-0.25, -0.2) is 19.6 Å². The molecule has 0 bridgehead atoms. The maximum absolute atomic E-state index is 11.3. The number of carbonyl (C=O) groups excluding carboxylic acids is 2. The van der Waals surface area contributed by atoms with Crippen molar-refractivity contribution in [3.05, 3.63) is 193 Å². The zero-order chi connectivity index (χ0) is 40.6. The van der Waals surface area contributed by atoms with Gasteiger partial charge in [0, 0.05) is 23.3 Å². The average molecular weight is 815 g/mol. The lowest BCUT2D eigenvalue weighted by molar-refractivity contribution is -0.139. The fourth-order valence-electron chi connectivity index (χ4n) is 7.05. The number of rotatable bonds is 16. The van der Waals surface area contributed by atoms with E-state index in [0.717, 1.165) is 76.0 Å². The second-order valence-corrected chi connectivity index (χ2v) is 15.4. The maximum Gasteiger partial charge on any atom is 0.330 e. The van der Waals surface area contributed by atoms with Crippen LogP contribution >= 0.6 is 22.7 Å². The van der Waals surface area contributed by atoms with Crippen LogP contribution in [0, 0.1) is 0 Å². The zero-order valence-electron chi connectivity index (χ0n) is 31.9. The van der Waals surface area contributed by atoms with Gasteiger partial charge in [0.15, 0.2) is 0 Å². The molecule has 0 saturated heterocycles. The Morgan fingerprint density at radius 2 is 0.915 bits per heavy atom. The molecule has 0 atom stereocenters. The number of hydrogen-bond donors (Lipinski definition) is 0. The summed E-state index contributed by atoms with van der Waals surface area (Å²) in [4.78, 5) is 33.0. The summed E-state index contributed by atoms with van der Waals surface area (Å²) in [6, 6.07) is 50.1. The number of benzene rings is 6. The highest BCUT2D eigenvalue weighted by atomic mass is 32.1. The monoisotopic (exact) mass is 814 g/mol. The van der Waals surface area contributed by atoms with Crippen LogP contribution in [0.25, 0.3) is 41.6 Å². The molecule has 0 aliphatic heterocycles. The minimum absolute atomic E-state index is 0.144. The minimum atomic E-state index is -0.698. The van der Waals surface area contributed by atoms with Crippen LogP contribution in [0.2, 0.25) is 0 Å². The van der Waals surface area contributed by atoms with Crippen LogP contribution in [-0.2, 0) is 24.5 Å². The molecule has 0 saturated carbocycles. The van der Waals surface area contributed by atoms with Crippen molar-refractivity contribution in [1.82, 2.24) is 9.97 Å². The molecule has 0 N–H and O–H groups in total. The molecule has 2 aromatic heterocycles. The van der Waals surface area contributed by atoms with Crippen molar-refractivity contribution in [3.8, 4) is 32.6 Å². The molecular weight excluding hydrogens is 777 g/mol. The van der Waals surface area contributed by atoms with E-state index in [1.807, 2.05) is 60.7 Å². The SMILES string of the molecule is C=CC(=O)OCCOc1ccc(-c2nc3cc(C(c4ccccc4)(c4ccccc4)c4ccc5sc(-c6ccc(OCCOC(=O)C=C)cc6)nc5c4)ccc3s2)cc1. The van der Waals surface area contributed by atoms with E-state index in [9.17, 15) is 9.59 Å². The van der Waals surface area contributed by atoms with E-state index >= 15 is 0 Å². The van der Waals surface area contributed by atoms with Crippen molar-refractivity contribution >= 4 is 55.0 Å². The number of ether oxygens (including phenoxy) is 4. The Kier molecular flexibility index (Phi) is 11.7. The van der Waals surface area contributed by atoms with Gasteiger partial charge in [-0.15, -0.1) is 22.7 Å². The highest BCUT2D eigenvalue weighted by molar-refractivity contribution is 7.22. The average Bonchev–Trinajstić information content (AvgIpc) is 3.92. The standard InChI is InChI=1S/C49H38N2O6S2/c1-3-45(52)56-29-27-54-39-21-15-33(16-22-39)47-50-41-31-37(19-25-43(41)58-47)49(35-11-7-5-8-12-35,36-13-9-6-10-14-36)38-20-26-44-42(32-38)51-48(59-44)34-17-23-40(24-18-34)55-28-30-57-46(53)4-2/h3-26,31-32H,1-2,27-30H2. The van der Waals surface area contributed by atoms with E-state index in [-0.39, 0.29) is 26.4 Å². The largest absolute Gasteiger partial charge is 0.490 e. The number of esters is 2. The number of aromatic nitrogens is 2. The third-order valence-electron chi connectivity index (χ3n) is 9.78. The van der Waals surface area contributed by atoms with Gasteiger partial charge in [0.05, 0.1) is 25.8 Å². The molecule has 2 heterocycles. The Morgan fingerprint density at radius 1 is 0.508 bits per heavy atom. The zero-order valence-corrected chi connectivity index (χ0v) is 33.5. The fraction of sp³-hybridized carbons (Fsp3) is 0.102. The van der Waals surface area contributed by atoms with Crippen LogP contribution in [0.3, 0.4) is 0 Å². The molecule has 8 aromatic rings. The van der Waals surface area contributed by atoms with Gasteiger partial charge in [-0.3, -0.25) is 0 Å². The molecule has 6 aromatic carbocycles. The predicted octanol–water partition coefficient (Wildman–Crippen LogP) is 10.8. The van der Waals surface area contributed by atoms with Crippen molar-refractivity contribution in [2.45, 2.75) is 5.41 Å². The first-order chi connectivity index (χ1) is 28.9. The lowest BCUT2D eigenvalue weighted by Crippen LogP contribution is -2.31. The molecule has 292 valence electrons. The number of fused-ring (bicyclic) bond motifs is 2. The van der Waals surface area contributed by atoms with Gasteiger partial charge in [-0.2, -0.15) is 0 Å². The summed E-state index contributed by atoms with van der Waals surface area (Å²) in [7, 11) is 0. The van der Waals surface area contributed by atoms with Crippen molar-refractivity contribution in [2.24, 2.45) is 0 Å². The van der Waals surface area contributed by atoms with Crippen LogP contribution in [0.1, 0.15) is 22.3 Å². The Hall–Kier alpha value is -6.88. The molecule has 0 aliphatic carbocycles. The van der Waals surface area contributed by atoms with Gasteiger partial charge >= 0.3 is 11.9 Å². The topological polar surface area (TPSA) is 96.8 Å². The molecule has 59 heavy (non-hydrogen) atoms. The second kappa shape index (κ2) is 17.7. The predicted molar refractivity (Wildman–Crippen MR) is 235 cm³/mol. The maximum atomic E-state index is 11.3. The summed E-state index contributed by atoms with van der Waals surface area (Å²) >= 11 is 3.29. The van der Waals surface area contributed by atoms with Gasteiger partial charge in [0.1, 0.15) is 47.9 Å². The molecule has 10 heteroatoms. The van der Waals surface area contributed by atoms with Gasteiger partial charge < -0.3 is 18.9 Å². The first-order valence-corrected chi connectivity index (χ1v) is 20.6. The third kappa shape index (κ3) is 8.41. The third-order valence-corrected chi connectivity index (χ3v) is 12.0. The Labute approximate surface area is 349 Å². The summed E-state index contributed by atoms with van der Waals surface area (Å²) in [5.41, 5.74) is 7.51. The minimum Gasteiger partial charge on any atom is -0.490 e. The van der Waals surface area contributed by atoms with E-state index < -0.39 is 17.4 Å². The normalized spacial score (nSPS) is 11.3. The van der Waals surface area contributed by atoms with Crippen LogP contribution in [0.5, 0.6) is 11.5 Å². The summed E-state index contributed by atoms with van der Waals surface area (Å²) in [5, 5.41) is 1.80. The lowest BCUT2D eigenvalue weighted by atomic mass is 9.65. The van der Waals surface area contributed by atoms with Crippen molar-refractivity contribution in [1.29, 1.82) is 0 Å². The summed E-state index contributed by atoms with van der Waals surface area (Å²) in [5.74, 6) is 0.406. The molecule has 0 unspecified atom stereocenters. The Balaban J connectivity index is 1.13. The van der Waals surface area contributed by atoms with Crippen LogP contribution < -0.4 is 9.47 Å². The number of nitrogens with zero attached hydrogens (tertiary/aromatic N) is 2. The van der Waals surface area contributed by atoms with Gasteiger partial charge in [0.2, 0.25) is 0 Å². The van der Waals surface area contributed by atoms with E-state index in [0.29, 0.717) is 11.5 Å². The van der Waals surface area contributed by atoms with Crippen LogP contribution in [0.15, 0.2) is 171 Å². The van der Waals surface area contributed by atoms with Crippen LogP contribution in [-0.4, -0.2) is 48.3 Å². The highest BCUT2D eigenvalue weighted by Crippen LogP contribution is 2.47. The Bertz CT molecular complexity index is 2550. The van der Waals surface area contributed by atoms with Crippen molar-refractivity contribution < 1.29 is 28.5 Å². The fourth-order valence-corrected chi connectivity index (χ4v) is 8.96. The lowest BCUT2D eigenvalue weighted by Gasteiger charge is -2.36. The first-order valence-electron chi connectivity index (χ1n) is 18.9. The van der Waals surface area contributed by atoms with Gasteiger partial charge in [-0.1, -0.05) is 86.0 Å². The quantitative estimate of drug-likeness (QED) is 0.0412. The molecule has 0 amide bonds. The van der Waals surface area contributed by atoms with Crippen molar-refractivity contribution in [2.75, 3.05) is 26.4 Å². The first kappa shape index (κ1) is 39.0. The molecule has 0 aliphatic rings. The molecule has 0 radical (unpaired) electrons. The molecule has 0 spiro atoms. The Morgan fingerprint density at radius 3 is 1.31 bits per heavy atom. The molecule has 0 fully saturated rings. The number of hydrogen-bond acceptors (Lipinski definition) is 10. The van der Waals surface area contributed by atoms with E-state index in [2.05, 4.69) is 98.1 Å². The summed E-state index contributed by atoms with van der Waals surface area (Å²) in [6.45, 7) is 7.59. The molecular formula is C49H38N2O6S2. The number of thiazole rings is 2. The summed E-state index contributed by atoms with van der Waals surface area (Å²) < 4.78 is 23.7. The summed E-state index contributed by atoms with van der Waals surface area (Å²) in [6.07, 6.45) is 2.27. The van der Waals surface area contributed by atoms with Gasteiger partial charge in [0.25, 0.3) is 0 Å². The highest BCUT2D eigenvalue weighted by Gasteiger charge is 2.39. The number of carbonyl (C=O) groups is 2. The van der Waals surface area contributed by atoms with Crippen molar-refractivity contribution in [3.63, 3.8) is 0 Å². The smallest absolute Gasteiger partial charge is 0.330 e. The van der Waals surface area contributed by atoms with Gasteiger partial charge in [-0.05, 0) is 95.1 Å². The molecule has 8 rings (SSSR count). The van der Waals surface area contributed by atoms with E-state index in [4.69, 9.17) is 28.9 Å². The van der Waals surface area contributed by atoms with E-state index in [1.165, 1.54) is 0 Å².